The number of rotatable bonds is 5. The molecule has 0 aliphatic heterocycles. The number of para-hydroxylation sites is 5. The zero-order chi connectivity index (χ0) is 29.7. The summed E-state index contributed by atoms with van der Waals surface area (Å²) in [7, 11) is 0. The summed E-state index contributed by atoms with van der Waals surface area (Å²) < 4.78 is 8.60. The van der Waals surface area contributed by atoms with Crippen molar-refractivity contribution in [3.8, 4) is 27.9 Å². The van der Waals surface area contributed by atoms with Crippen LogP contribution in [0.4, 0.5) is 11.4 Å². The Labute approximate surface area is 260 Å². The summed E-state index contributed by atoms with van der Waals surface area (Å²) in [4.78, 5) is 0. The van der Waals surface area contributed by atoms with Gasteiger partial charge in [0, 0.05) is 32.8 Å². The lowest BCUT2D eigenvalue weighted by Gasteiger charge is -2.14. The first-order chi connectivity index (χ1) is 22.3. The van der Waals surface area contributed by atoms with Crippen LogP contribution < -0.4 is 5.32 Å². The van der Waals surface area contributed by atoms with E-state index >= 15 is 0 Å². The minimum Gasteiger partial charge on any atom is -0.454 e. The second-order valence-electron chi connectivity index (χ2n) is 11.4. The molecule has 0 amide bonds. The van der Waals surface area contributed by atoms with Crippen LogP contribution in [0.25, 0.3) is 71.7 Å². The van der Waals surface area contributed by atoms with Crippen molar-refractivity contribution in [2.75, 3.05) is 5.32 Å². The first-order valence-corrected chi connectivity index (χ1v) is 15.3. The molecule has 7 aromatic carbocycles. The molecule has 9 aromatic rings. The fraction of sp³-hybridized carbons (Fsp3) is 0. The monoisotopic (exact) mass is 576 g/mol. The summed E-state index contributed by atoms with van der Waals surface area (Å²) in [5.41, 5.74) is 12.1. The number of fused-ring (bicyclic) bond motifs is 6. The van der Waals surface area contributed by atoms with Crippen LogP contribution in [0.1, 0.15) is 0 Å². The number of anilines is 2. The molecule has 0 bridgehead atoms. The smallest absolute Gasteiger partial charge is 0.158 e. The van der Waals surface area contributed by atoms with E-state index in [1.54, 1.807) is 0 Å². The zero-order valence-electron chi connectivity index (χ0n) is 24.4. The van der Waals surface area contributed by atoms with E-state index in [9.17, 15) is 0 Å². The molecule has 2 aromatic heterocycles. The van der Waals surface area contributed by atoms with E-state index in [1.165, 1.54) is 49.7 Å². The van der Waals surface area contributed by atoms with Crippen LogP contribution >= 0.6 is 0 Å². The number of furan rings is 1. The van der Waals surface area contributed by atoms with Crippen molar-refractivity contribution in [1.29, 1.82) is 0 Å². The van der Waals surface area contributed by atoms with Gasteiger partial charge in [0.15, 0.2) is 5.58 Å². The minimum atomic E-state index is 0.875. The van der Waals surface area contributed by atoms with E-state index in [2.05, 4.69) is 155 Å². The summed E-state index contributed by atoms with van der Waals surface area (Å²) in [5, 5.41) is 8.35. The predicted molar refractivity (Wildman–Crippen MR) is 189 cm³/mol. The quantitative estimate of drug-likeness (QED) is 0.221. The Morgan fingerprint density at radius 1 is 0.422 bits per heavy atom. The molecule has 0 spiro atoms. The Hall–Kier alpha value is -6.06. The van der Waals surface area contributed by atoms with Gasteiger partial charge in [0.05, 0.1) is 22.4 Å². The van der Waals surface area contributed by atoms with Crippen LogP contribution in [0.2, 0.25) is 0 Å². The molecular weight excluding hydrogens is 548 g/mol. The van der Waals surface area contributed by atoms with Crippen LogP contribution in [0.3, 0.4) is 0 Å². The molecule has 0 aliphatic rings. The Kier molecular flexibility index (Phi) is 5.82. The standard InChI is InChI=1S/C42H28N2O/c1-5-16-38(44-39-17-6-2-11-33(39)34-12-3-7-18-40(34)44)32(10-1)30-22-20-28(21-23-30)29-24-26-31(27-25-29)43-37-15-9-14-36-35-13-4-8-19-41(35)45-42(36)37/h1-27,43H. The van der Waals surface area contributed by atoms with Gasteiger partial charge in [0.2, 0.25) is 0 Å². The molecule has 3 nitrogen and oxygen atoms in total. The molecule has 212 valence electrons. The van der Waals surface area contributed by atoms with E-state index in [4.69, 9.17) is 4.42 Å². The molecule has 3 heteroatoms. The number of aromatic nitrogens is 1. The lowest BCUT2D eigenvalue weighted by atomic mass is 9.99. The fourth-order valence-corrected chi connectivity index (χ4v) is 6.68. The second-order valence-corrected chi connectivity index (χ2v) is 11.4. The van der Waals surface area contributed by atoms with Gasteiger partial charge in [-0.1, -0.05) is 121 Å². The zero-order valence-corrected chi connectivity index (χ0v) is 24.4. The molecule has 0 aliphatic carbocycles. The van der Waals surface area contributed by atoms with Gasteiger partial charge < -0.3 is 14.3 Å². The number of hydrogen-bond donors (Lipinski definition) is 1. The Bertz CT molecular complexity index is 2450. The maximum absolute atomic E-state index is 6.21. The van der Waals surface area contributed by atoms with Crippen molar-refractivity contribution in [1.82, 2.24) is 4.57 Å². The highest BCUT2D eigenvalue weighted by Crippen LogP contribution is 2.37. The highest BCUT2D eigenvalue weighted by Gasteiger charge is 2.15. The Morgan fingerprint density at radius 3 is 1.71 bits per heavy atom. The number of hydrogen-bond acceptors (Lipinski definition) is 2. The van der Waals surface area contributed by atoms with Gasteiger partial charge in [0.25, 0.3) is 0 Å². The van der Waals surface area contributed by atoms with E-state index in [0.29, 0.717) is 0 Å². The fourth-order valence-electron chi connectivity index (χ4n) is 6.68. The van der Waals surface area contributed by atoms with E-state index in [1.807, 2.05) is 18.2 Å². The number of nitrogens with zero attached hydrogens (tertiary/aromatic N) is 1. The van der Waals surface area contributed by atoms with Gasteiger partial charge in [-0.25, -0.2) is 0 Å². The molecule has 0 fully saturated rings. The summed E-state index contributed by atoms with van der Waals surface area (Å²) >= 11 is 0. The van der Waals surface area contributed by atoms with Gasteiger partial charge in [-0.2, -0.15) is 0 Å². The molecule has 0 saturated carbocycles. The molecule has 2 heterocycles. The van der Waals surface area contributed by atoms with Crippen molar-refractivity contribution < 1.29 is 4.42 Å². The van der Waals surface area contributed by atoms with Crippen molar-refractivity contribution >= 4 is 55.1 Å². The maximum Gasteiger partial charge on any atom is 0.158 e. The third kappa shape index (κ3) is 4.21. The van der Waals surface area contributed by atoms with Gasteiger partial charge in [0.1, 0.15) is 5.58 Å². The average Bonchev–Trinajstić information content (AvgIpc) is 3.66. The van der Waals surface area contributed by atoms with E-state index in [0.717, 1.165) is 33.3 Å². The second kappa shape index (κ2) is 10.3. The highest BCUT2D eigenvalue weighted by molar-refractivity contribution is 6.10. The minimum absolute atomic E-state index is 0.875. The van der Waals surface area contributed by atoms with Crippen LogP contribution in [0.15, 0.2) is 168 Å². The Balaban J connectivity index is 1.03. The highest BCUT2D eigenvalue weighted by atomic mass is 16.3. The topological polar surface area (TPSA) is 30.1 Å². The largest absolute Gasteiger partial charge is 0.454 e. The van der Waals surface area contributed by atoms with Gasteiger partial charge in [-0.3, -0.25) is 0 Å². The summed E-state index contributed by atoms with van der Waals surface area (Å²) in [6, 6.07) is 57.9. The molecule has 0 unspecified atom stereocenters. The third-order valence-corrected chi connectivity index (χ3v) is 8.82. The summed E-state index contributed by atoms with van der Waals surface area (Å²) in [6.07, 6.45) is 0. The Morgan fingerprint density at radius 2 is 0.978 bits per heavy atom. The van der Waals surface area contributed by atoms with Gasteiger partial charge >= 0.3 is 0 Å². The predicted octanol–water partition coefficient (Wildman–Crippen LogP) is 11.8. The van der Waals surface area contributed by atoms with Crippen LogP contribution in [-0.4, -0.2) is 4.57 Å². The SMILES string of the molecule is c1ccc(-n2c3ccccc3c3ccccc32)c(-c2ccc(-c3ccc(Nc4cccc5c4oc4ccccc45)cc3)cc2)c1. The van der Waals surface area contributed by atoms with Gasteiger partial charge in [-0.15, -0.1) is 0 Å². The molecule has 9 rings (SSSR count). The normalized spacial score (nSPS) is 11.6. The van der Waals surface area contributed by atoms with Crippen molar-refractivity contribution in [3.05, 3.63) is 164 Å². The lowest BCUT2D eigenvalue weighted by molar-refractivity contribution is 0.670. The molecule has 0 radical (unpaired) electrons. The first kappa shape index (κ1) is 25.4. The lowest BCUT2D eigenvalue weighted by Crippen LogP contribution is -1.97. The maximum atomic E-state index is 6.21. The average molecular weight is 577 g/mol. The summed E-state index contributed by atoms with van der Waals surface area (Å²) in [5.74, 6) is 0. The molecule has 0 atom stereocenters. The van der Waals surface area contributed by atoms with Crippen LogP contribution in [0.5, 0.6) is 0 Å². The number of nitrogens with one attached hydrogen (secondary N) is 1. The molecule has 0 saturated heterocycles. The molecular formula is C42H28N2O. The van der Waals surface area contributed by atoms with E-state index in [-0.39, 0.29) is 0 Å². The van der Waals surface area contributed by atoms with E-state index < -0.39 is 0 Å². The van der Waals surface area contributed by atoms with Gasteiger partial charge in [-0.05, 0) is 59.2 Å². The van der Waals surface area contributed by atoms with Crippen molar-refractivity contribution in [3.63, 3.8) is 0 Å². The van der Waals surface area contributed by atoms with Crippen molar-refractivity contribution in [2.45, 2.75) is 0 Å². The van der Waals surface area contributed by atoms with Crippen LogP contribution in [0, 0.1) is 0 Å². The molecule has 45 heavy (non-hydrogen) atoms. The number of benzene rings is 7. The summed E-state index contributed by atoms with van der Waals surface area (Å²) in [6.45, 7) is 0. The van der Waals surface area contributed by atoms with Crippen molar-refractivity contribution in [2.24, 2.45) is 0 Å². The molecule has 1 N–H and O–H groups in total. The first-order valence-electron chi connectivity index (χ1n) is 15.3. The third-order valence-electron chi connectivity index (χ3n) is 8.82. The van der Waals surface area contributed by atoms with Crippen LogP contribution in [-0.2, 0) is 0 Å².